The van der Waals surface area contributed by atoms with E-state index in [1.54, 1.807) is 0 Å². The minimum atomic E-state index is 0. The summed E-state index contributed by atoms with van der Waals surface area (Å²) in [4.78, 5) is 1.42. The van der Waals surface area contributed by atoms with Gasteiger partial charge in [0.2, 0.25) is 0 Å². The van der Waals surface area contributed by atoms with Crippen LogP contribution in [-0.2, 0) is 6.54 Å². The second-order valence-electron chi connectivity index (χ2n) is 5.43. The summed E-state index contributed by atoms with van der Waals surface area (Å²) >= 11 is 0. The number of hydrogen-bond donors (Lipinski definition) is 1. The number of nitrogens with one attached hydrogen (secondary N) is 1. The van der Waals surface area contributed by atoms with Crippen molar-refractivity contribution in [3.05, 3.63) is 35.9 Å². The smallest absolute Gasteiger partial charge is 0.104 e. The van der Waals surface area contributed by atoms with Crippen LogP contribution in [0.15, 0.2) is 30.3 Å². The van der Waals surface area contributed by atoms with Gasteiger partial charge in [0.1, 0.15) is 6.54 Å². The standard InChI is InChI=1S/C10H16N.C3H9N.2BrH/c1-11(2,3)9-10-7-5-4-6-8-10;1-4(2)3;;/h4-8H,9H2,1-3H3;1-3H3;2*1H/q+1;;;/p-1. The molecule has 0 spiro atoms. The van der Waals surface area contributed by atoms with Crippen molar-refractivity contribution in [1.29, 1.82) is 0 Å². The van der Waals surface area contributed by atoms with Gasteiger partial charge in [-0.1, -0.05) is 30.3 Å². The second-order valence-corrected chi connectivity index (χ2v) is 5.43. The van der Waals surface area contributed by atoms with Crippen LogP contribution in [0.25, 0.3) is 0 Å². The Labute approximate surface area is 128 Å². The first-order valence-electron chi connectivity index (χ1n) is 5.42. The molecule has 1 aromatic rings. The molecule has 0 amide bonds. The lowest BCUT2D eigenvalue weighted by Crippen LogP contribution is -3.02. The summed E-state index contributed by atoms with van der Waals surface area (Å²) in [5.74, 6) is 0. The summed E-state index contributed by atoms with van der Waals surface area (Å²) in [7, 11) is 12.9. The van der Waals surface area contributed by atoms with Crippen molar-refractivity contribution in [2.45, 2.75) is 6.54 Å². The highest BCUT2D eigenvalue weighted by atomic mass is 79.9. The molecule has 0 saturated carbocycles. The Balaban J connectivity index is -0.000000289. The molecule has 4 heteroatoms. The van der Waals surface area contributed by atoms with Gasteiger partial charge in [0.05, 0.1) is 42.3 Å². The Kier molecular flexibility index (Phi) is 14.7. The number of hydrogen-bond acceptors (Lipinski definition) is 0. The van der Waals surface area contributed by atoms with Crippen LogP contribution in [-0.4, -0.2) is 46.8 Å². The average molecular weight is 370 g/mol. The molecule has 0 saturated heterocycles. The van der Waals surface area contributed by atoms with Crippen LogP contribution in [0.1, 0.15) is 5.56 Å². The van der Waals surface area contributed by atoms with E-state index in [-0.39, 0.29) is 34.0 Å². The molecule has 0 bridgehead atoms. The quantitative estimate of drug-likeness (QED) is 0.497. The van der Waals surface area contributed by atoms with Crippen LogP contribution in [0.2, 0.25) is 0 Å². The predicted molar refractivity (Wildman–Crippen MR) is 66.9 cm³/mol. The molecule has 0 aliphatic rings. The van der Waals surface area contributed by atoms with E-state index in [0.29, 0.717) is 0 Å². The van der Waals surface area contributed by atoms with Crippen molar-refractivity contribution in [3.8, 4) is 0 Å². The maximum atomic E-state index is 2.20. The number of quaternary nitrogens is 2. The summed E-state index contributed by atoms with van der Waals surface area (Å²) in [6.07, 6.45) is 0. The van der Waals surface area contributed by atoms with Crippen molar-refractivity contribution in [2.75, 3.05) is 42.3 Å². The van der Waals surface area contributed by atoms with E-state index in [4.69, 9.17) is 0 Å². The number of halogens is 2. The molecule has 102 valence electrons. The summed E-state index contributed by atoms with van der Waals surface area (Å²) in [6, 6.07) is 10.6. The van der Waals surface area contributed by atoms with Gasteiger partial charge < -0.3 is 43.3 Å². The molecule has 0 atom stereocenters. The molecule has 1 N–H and O–H groups in total. The van der Waals surface area contributed by atoms with Gasteiger partial charge in [-0.3, -0.25) is 0 Å². The fraction of sp³-hybridized carbons (Fsp3) is 0.538. The van der Waals surface area contributed by atoms with E-state index in [9.17, 15) is 0 Å². The molecular weight excluding hydrogens is 344 g/mol. The zero-order valence-electron chi connectivity index (χ0n) is 11.8. The molecular formula is C13H26Br2N2. The van der Waals surface area contributed by atoms with E-state index in [1.807, 2.05) is 0 Å². The summed E-state index contributed by atoms with van der Waals surface area (Å²) < 4.78 is 0.990. The number of rotatable bonds is 2. The van der Waals surface area contributed by atoms with Crippen LogP contribution in [0.3, 0.4) is 0 Å². The lowest BCUT2D eigenvalue weighted by molar-refractivity contribution is -0.884. The topological polar surface area (TPSA) is 4.44 Å². The third kappa shape index (κ3) is 18.7. The minimum absolute atomic E-state index is 0. The van der Waals surface area contributed by atoms with E-state index < -0.39 is 0 Å². The van der Waals surface area contributed by atoms with Crippen molar-refractivity contribution in [2.24, 2.45) is 0 Å². The van der Waals surface area contributed by atoms with E-state index >= 15 is 0 Å². The maximum Gasteiger partial charge on any atom is 0.104 e. The molecule has 1 aromatic carbocycles. The molecule has 0 aliphatic heterocycles. The van der Waals surface area contributed by atoms with Crippen LogP contribution in [0.5, 0.6) is 0 Å². The molecule has 17 heavy (non-hydrogen) atoms. The molecule has 0 fully saturated rings. The van der Waals surface area contributed by atoms with Gasteiger partial charge in [-0.05, 0) is 0 Å². The lowest BCUT2D eigenvalue weighted by atomic mass is 10.2. The fourth-order valence-corrected chi connectivity index (χ4v) is 1.13. The summed E-state index contributed by atoms with van der Waals surface area (Å²) in [5.41, 5.74) is 1.40. The number of benzene rings is 1. The van der Waals surface area contributed by atoms with E-state index in [2.05, 4.69) is 72.6 Å². The highest BCUT2D eigenvalue weighted by molar-refractivity contribution is 5.13. The average Bonchev–Trinajstić information content (AvgIpc) is 2.01. The molecule has 2 nitrogen and oxygen atoms in total. The van der Waals surface area contributed by atoms with Gasteiger partial charge >= 0.3 is 0 Å². The second kappa shape index (κ2) is 11.2. The Morgan fingerprint density at radius 1 is 0.882 bits per heavy atom. The molecule has 0 aromatic heterocycles. The lowest BCUT2D eigenvalue weighted by Gasteiger charge is -2.23. The van der Waals surface area contributed by atoms with Crippen LogP contribution >= 0.6 is 0 Å². The Hall–Kier alpha value is 0.1000. The Morgan fingerprint density at radius 2 is 1.24 bits per heavy atom. The van der Waals surface area contributed by atoms with Gasteiger partial charge in [-0.2, -0.15) is 0 Å². The summed E-state index contributed by atoms with van der Waals surface area (Å²) in [5, 5.41) is 0. The van der Waals surface area contributed by atoms with Crippen LogP contribution in [0.4, 0.5) is 0 Å². The van der Waals surface area contributed by atoms with Gasteiger partial charge in [0.15, 0.2) is 0 Å². The molecule has 0 heterocycles. The van der Waals surface area contributed by atoms with Crippen molar-refractivity contribution < 1.29 is 43.3 Å². The Morgan fingerprint density at radius 3 is 1.53 bits per heavy atom. The highest BCUT2D eigenvalue weighted by Gasteiger charge is 2.06. The zero-order chi connectivity index (χ0) is 11.9. The monoisotopic (exact) mass is 368 g/mol. The fourth-order valence-electron chi connectivity index (χ4n) is 1.13. The van der Waals surface area contributed by atoms with Crippen molar-refractivity contribution >= 4 is 0 Å². The van der Waals surface area contributed by atoms with Crippen molar-refractivity contribution in [1.82, 2.24) is 0 Å². The first-order chi connectivity index (χ1) is 6.81. The molecule has 0 unspecified atom stereocenters. The molecule has 1 rings (SSSR count). The molecule has 0 aliphatic carbocycles. The number of nitrogens with zero attached hydrogens (tertiary/aromatic N) is 1. The van der Waals surface area contributed by atoms with Gasteiger partial charge in [-0.25, -0.2) is 0 Å². The maximum absolute atomic E-state index is 2.20. The van der Waals surface area contributed by atoms with Crippen LogP contribution < -0.4 is 38.9 Å². The normalized spacial score (nSPS) is 9.59. The predicted octanol–water partition coefficient (Wildman–Crippen LogP) is -5.34. The van der Waals surface area contributed by atoms with Crippen LogP contribution in [0, 0.1) is 0 Å². The third-order valence-corrected chi connectivity index (χ3v) is 1.50. The minimum Gasteiger partial charge on any atom is -1.00 e. The first-order valence-corrected chi connectivity index (χ1v) is 5.42. The van der Waals surface area contributed by atoms with E-state index in [1.165, 1.54) is 10.5 Å². The van der Waals surface area contributed by atoms with Gasteiger partial charge in [0.25, 0.3) is 0 Å². The zero-order valence-corrected chi connectivity index (χ0v) is 15.0. The van der Waals surface area contributed by atoms with Gasteiger partial charge in [0, 0.05) is 5.56 Å². The van der Waals surface area contributed by atoms with E-state index in [0.717, 1.165) is 11.0 Å². The molecule has 0 radical (unpaired) electrons. The third-order valence-electron chi connectivity index (χ3n) is 1.50. The largest absolute Gasteiger partial charge is 1.00 e. The first kappa shape index (κ1) is 22.3. The SMILES string of the molecule is C[N+](C)(C)Cc1ccccc1.C[NH+](C)C.[Br-].[Br-]. The summed E-state index contributed by atoms with van der Waals surface area (Å²) in [6.45, 7) is 1.10. The van der Waals surface area contributed by atoms with Gasteiger partial charge in [-0.15, -0.1) is 0 Å². The highest BCUT2D eigenvalue weighted by Crippen LogP contribution is 2.04. The van der Waals surface area contributed by atoms with Crippen molar-refractivity contribution in [3.63, 3.8) is 0 Å². The Bertz CT molecular complexity index is 253.